The SMILES string of the molecule is COc1ccc(-c2nc(C)ncc2C(=O)O)c(Cl)c1. The van der Waals surface area contributed by atoms with E-state index in [1.165, 1.54) is 13.3 Å². The van der Waals surface area contributed by atoms with Crippen LogP contribution in [0.25, 0.3) is 11.3 Å². The van der Waals surface area contributed by atoms with Gasteiger partial charge in [-0.3, -0.25) is 0 Å². The van der Waals surface area contributed by atoms with Gasteiger partial charge in [-0.15, -0.1) is 0 Å². The normalized spacial score (nSPS) is 10.3. The first-order chi connectivity index (χ1) is 9.02. The maximum atomic E-state index is 11.2. The summed E-state index contributed by atoms with van der Waals surface area (Å²) < 4.78 is 5.05. The summed E-state index contributed by atoms with van der Waals surface area (Å²) in [7, 11) is 1.53. The number of aryl methyl sites for hydroxylation is 1. The quantitative estimate of drug-likeness (QED) is 0.934. The number of methoxy groups -OCH3 is 1. The molecule has 0 unspecified atom stereocenters. The number of aromatic nitrogens is 2. The zero-order valence-electron chi connectivity index (χ0n) is 10.3. The van der Waals surface area contributed by atoms with E-state index < -0.39 is 5.97 Å². The summed E-state index contributed by atoms with van der Waals surface area (Å²) in [6, 6.07) is 4.99. The average Bonchev–Trinajstić information content (AvgIpc) is 2.38. The van der Waals surface area contributed by atoms with E-state index in [1.54, 1.807) is 25.1 Å². The van der Waals surface area contributed by atoms with Gasteiger partial charge >= 0.3 is 5.97 Å². The largest absolute Gasteiger partial charge is 0.497 e. The molecule has 19 heavy (non-hydrogen) atoms. The molecule has 1 N–H and O–H groups in total. The van der Waals surface area contributed by atoms with Crippen LogP contribution < -0.4 is 4.74 Å². The van der Waals surface area contributed by atoms with E-state index in [1.807, 2.05) is 0 Å². The predicted octanol–water partition coefficient (Wildman–Crippen LogP) is 2.81. The summed E-state index contributed by atoms with van der Waals surface area (Å²) in [6.07, 6.45) is 1.28. The van der Waals surface area contributed by atoms with E-state index in [0.29, 0.717) is 27.9 Å². The number of nitrogens with zero attached hydrogens (tertiary/aromatic N) is 2. The molecule has 1 heterocycles. The molecule has 1 aromatic carbocycles. The topological polar surface area (TPSA) is 72.3 Å². The standard InChI is InChI=1S/C13H11ClN2O3/c1-7-15-6-10(13(17)18)12(16-7)9-4-3-8(19-2)5-11(9)14/h3-6H,1-2H3,(H,17,18). The zero-order chi connectivity index (χ0) is 14.0. The molecule has 0 aliphatic heterocycles. The first-order valence-corrected chi connectivity index (χ1v) is 5.81. The van der Waals surface area contributed by atoms with E-state index in [0.717, 1.165) is 0 Å². The molecule has 0 fully saturated rings. The Labute approximate surface area is 114 Å². The van der Waals surface area contributed by atoms with Gasteiger partial charge in [0.05, 0.1) is 17.8 Å². The number of carboxylic acid groups (broad SMARTS) is 1. The maximum Gasteiger partial charge on any atom is 0.339 e. The molecule has 0 aliphatic carbocycles. The summed E-state index contributed by atoms with van der Waals surface area (Å²) in [5.74, 6) is -0.0230. The lowest BCUT2D eigenvalue weighted by Crippen LogP contribution is -2.04. The van der Waals surface area contributed by atoms with Crippen LogP contribution in [-0.4, -0.2) is 28.2 Å². The smallest absolute Gasteiger partial charge is 0.339 e. The van der Waals surface area contributed by atoms with Gasteiger partial charge in [0, 0.05) is 11.8 Å². The van der Waals surface area contributed by atoms with Gasteiger partial charge < -0.3 is 9.84 Å². The average molecular weight is 279 g/mol. The Morgan fingerprint density at radius 2 is 2.16 bits per heavy atom. The molecule has 0 amide bonds. The highest BCUT2D eigenvalue weighted by Gasteiger charge is 2.17. The Morgan fingerprint density at radius 1 is 1.42 bits per heavy atom. The highest BCUT2D eigenvalue weighted by atomic mass is 35.5. The molecular formula is C13H11ClN2O3. The number of halogens is 1. The van der Waals surface area contributed by atoms with E-state index in [2.05, 4.69) is 9.97 Å². The number of carbonyl (C=O) groups is 1. The van der Waals surface area contributed by atoms with Gasteiger partial charge in [0.15, 0.2) is 0 Å². The fourth-order valence-corrected chi connectivity index (χ4v) is 1.91. The Morgan fingerprint density at radius 3 is 2.74 bits per heavy atom. The van der Waals surface area contributed by atoms with E-state index in [4.69, 9.17) is 21.4 Å². The first-order valence-electron chi connectivity index (χ1n) is 5.43. The van der Waals surface area contributed by atoms with Crippen molar-refractivity contribution in [2.45, 2.75) is 6.92 Å². The second-order valence-corrected chi connectivity index (χ2v) is 4.24. The Balaban J connectivity index is 2.64. The summed E-state index contributed by atoms with van der Waals surface area (Å²) in [5, 5.41) is 9.54. The zero-order valence-corrected chi connectivity index (χ0v) is 11.1. The summed E-state index contributed by atoms with van der Waals surface area (Å²) in [4.78, 5) is 19.2. The van der Waals surface area contributed by atoms with Crippen molar-refractivity contribution in [2.24, 2.45) is 0 Å². The Hall–Kier alpha value is -2.14. The summed E-state index contributed by atoms with van der Waals surface area (Å²) in [5.41, 5.74) is 0.843. The third-order valence-corrected chi connectivity index (χ3v) is 2.88. The molecular weight excluding hydrogens is 268 g/mol. The van der Waals surface area contributed by atoms with E-state index >= 15 is 0 Å². The highest BCUT2D eigenvalue weighted by molar-refractivity contribution is 6.33. The van der Waals surface area contributed by atoms with Crippen LogP contribution in [0.4, 0.5) is 0 Å². The van der Waals surface area contributed by atoms with Gasteiger partial charge in [0.1, 0.15) is 17.1 Å². The van der Waals surface area contributed by atoms with Crippen LogP contribution in [0.15, 0.2) is 24.4 Å². The molecule has 0 radical (unpaired) electrons. The van der Waals surface area contributed by atoms with Gasteiger partial charge in [-0.25, -0.2) is 14.8 Å². The van der Waals surface area contributed by atoms with Crippen molar-refractivity contribution in [3.05, 3.63) is 40.8 Å². The summed E-state index contributed by atoms with van der Waals surface area (Å²) >= 11 is 6.14. The molecule has 2 aromatic rings. The fraction of sp³-hybridized carbons (Fsp3) is 0.154. The lowest BCUT2D eigenvalue weighted by molar-refractivity contribution is 0.0697. The van der Waals surface area contributed by atoms with Crippen LogP contribution in [0.3, 0.4) is 0 Å². The van der Waals surface area contributed by atoms with Gasteiger partial charge in [0.2, 0.25) is 0 Å². The number of carboxylic acids is 1. The number of aromatic carboxylic acids is 1. The predicted molar refractivity (Wildman–Crippen MR) is 70.7 cm³/mol. The van der Waals surface area contributed by atoms with Crippen molar-refractivity contribution >= 4 is 17.6 Å². The second-order valence-electron chi connectivity index (χ2n) is 3.83. The molecule has 1 aromatic heterocycles. The fourth-order valence-electron chi connectivity index (χ4n) is 1.65. The van der Waals surface area contributed by atoms with E-state index in [9.17, 15) is 4.79 Å². The maximum absolute atomic E-state index is 11.2. The molecule has 98 valence electrons. The monoisotopic (exact) mass is 278 g/mol. The summed E-state index contributed by atoms with van der Waals surface area (Å²) in [6.45, 7) is 1.69. The number of rotatable bonds is 3. The van der Waals surface area contributed by atoms with Gasteiger partial charge in [-0.1, -0.05) is 11.6 Å². The first kappa shape index (κ1) is 13.3. The van der Waals surface area contributed by atoms with Crippen molar-refractivity contribution in [1.29, 1.82) is 0 Å². The third-order valence-electron chi connectivity index (χ3n) is 2.57. The van der Waals surface area contributed by atoms with Gasteiger partial charge in [-0.05, 0) is 25.1 Å². The van der Waals surface area contributed by atoms with Gasteiger partial charge in [0.25, 0.3) is 0 Å². The van der Waals surface area contributed by atoms with Crippen LogP contribution in [0, 0.1) is 6.92 Å². The van der Waals surface area contributed by atoms with Crippen molar-refractivity contribution < 1.29 is 14.6 Å². The molecule has 5 nitrogen and oxygen atoms in total. The van der Waals surface area contributed by atoms with Gasteiger partial charge in [-0.2, -0.15) is 0 Å². The molecule has 0 bridgehead atoms. The third kappa shape index (κ3) is 2.66. The Kier molecular flexibility index (Phi) is 3.66. The molecule has 0 saturated carbocycles. The lowest BCUT2D eigenvalue weighted by Gasteiger charge is -2.09. The molecule has 0 spiro atoms. The number of benzene rings is 1. The van der Waals surface area contributed by atoms with Crippen molar-refractivity contribution in [3.63, 3.8) is 0 Å². The van der Waals surface area contributed by atoms with Crippen LogP contribution in [-0.2, 0) is 0 Å². The minimum Gasteiger partial charge on any atom is -0.497 e. The molecule has 0 aliphatic rings. The Bertz CT molecular complexity index is 644. The molecule has 0 saturated heterocycles. The van der Waals surface area contributed by atoms with Crippen LogP contribution in [0.2, 0.25) is 5.02 Å². The number of ether oxygens (including phenoxy) is 1. The number of hydrogen-bond donors (Lipinski definition) is 1. The molecule has 6 heteroatoms. The molecule has 0 atom stereocenters. The van der Waals surface area contributed by atoms with Crippen LogP contribution in [0.5, 0.6) is 5.75 Å². The van der Waals surface area contributed by atoms with Crippen molar-refractivity contribution in [2.75, 3.05) is 7.11 Å². The van der Waals surface area contributed by atoms with E-state index in [-0.39, 0.29) is 5.56 Å². The second kappa shape index (κ2) is 5.24. The molecule has 2 rings (SSSR count). The van der Waals surface area contributed by atoms with Crippen LogP contribution >= 0.6 is 11.6 Å². The van der Waals surface area contributed by atoms with Crippen molar-refractivity contribution in [1.82, 2.24) is 9.97 Å². The highest BCUT2D eigenvalue weighted by Crippen LogP contribution is 2.31. The number of hydrogen-bond acceptors (Lipinski definition) is 4. The van der Waals surface area contributed by atoms with Crippen LogP contribution in [0.1, 0.15) is 16.2 Å². The van der Waals surface area contributed by atoms with Crippen molar-refractivity contribution in [3.8, 4) is 17.0 Å². The minimum atomic E-state index is -1.10. The lowest BCUT2D eigenvalue weighted by atomic mass is 10.1. The minimum absolute atomic E-state index is 0.0117.